The van der Waals surface area contributed by atoms with Gasteiger partial charge in [-0.25, -0.2) is 4.79 Å². The Labute approximate surface area is 123 Å². The molecule has 1 fully saturated rings. The van der Waals surface area contributed by atoms with Gasteiger partial charge < -0.3 is 25.4 Å². The second-order valence-electron chi connectivity index (χ2n) is 4.69. The van der Waals surface area contributed by atoms with Crippen LogP contribution in [0.25, 0.3) is 0 Å². The molecule has 0 bridgehead atoms. The standard InChI is InChI=1S/C10H15N3O5.C3H8/c1-11-6-2-3-13(10(17)12-6)9-8(16)7(15)5(4-14)18-9;1-3-2/h2-3,5,7-9,14-16H,4H2,1H3,(H,11,12,17);3H2,1-2H3/t5-,7-,8+,9-;/m1./s1. The van der Waals surface area contributed by atoms with Crippen LogP contribution in [0.3, 0.4) is 0 Å². The van der Waals surface area contributed by atoms with E-state index in [1.807, 2.05) is 0 Å². The van der Waals surface area contributed by atoms with Crippen molar-refractivity contribution in [2.24, 2.45) is 0 Å². The zero-order valence-electron chi connectivity index (χ0n) is 12.4. The zero-order valence-corrected chi connectivity index (χ0v) is 12.4. The maximum Gasteiger partial charge on any atom is 0.351 e. The predicted molar refractivity (Wildman–Crippen MR) is 77.0 cm³/mol. The van der Waals surface area contributed by atoms with Crippen molar-refractivity contribution in [1.29, 1.82) is 0 Å². The Morgan fingerprint density at radius 1 is 1.38 bits per heavy atom. The minimum Gasteiger partial charge on any atom is -0.394 e. The molecule has 4 N–H and O–H groups in total. The van der Waals surface area contributed by atoms with E-state index in [1.165, 1.54) is 18.7 Å². The molecule has 0 spiro atoms. The van der Waals surface area contributed by atoms with Crippen LogP contribution in [0.15, 0.2) is 17.1 Å². The first-order chi connectivity index (χ1) is 9.99. The lowest BCUT2D eigenvalue weighted by Gasteiger charge is -2.17. The molecule has 4 atom stereocenters. The van der Waals surface area contributed by atoms with Crippen LogP contribution < -0.4 is 11.0 Å². The Hall–Kier alpha value is -1.48. The van der Waals surface area contributed by atoms with Crippen molar-refractivity contribution in [3.05, 3.63) is 22.7 Å². The predicted octanol–water partition coefficient (Wildman–Crippen LogP) is -0.687. The van der Waals surface area contributed by atoms with Gasteiger partial charge in [-0.05, 0) is 6.07 Å². The molecular formula is C13H23N3O5. The SMILES string of the molecule is CCC.CNc1ccn([C@@H]2O[C@H](CO)[C@@H](O)[C@@H]2O)c(=O)n1. The molecular weight excluding hydrogens is 278 g/mol. The number of aliphatic hydroxyl groups is 3. The second-order valence-corrected chi connectivity index (χ2v) is 4.69. The van der Waals surface area contributed by atoms with Crippen molar-refractivity contribution in [3.63, 3.8) is 0 Å². The fourth-order valence-electron chi connectivity index (χ4n) is 1.86. The molecule has 1 aromatic heterocycles. The van der Waals surface area contributed by atoms with Gasteiger partial charge >= 0.3 is 5.69 Å². The molecule has 0 unspecified atom stereocenters. The Kier molecular flexibility index (Phi) is 6.76. The molecule has 0 aliphatic carbocycles. The number of aromatic nitrogens is 2. The monoisotopic (exact) mass is 301 g/mol. The van der Waals surface area contributed by atoms with Crippen LogP contribution in [-0.2, 0) is 4.74 Å². The van der Waals surface area contributed by atoms with Crippen molar-refractivity contribution in [2.75, 3.05) is 19.0 Å². The average molecular weight is 301 g/mol. The highest BCUT2D eigenvalue weighted by molar-refractivity contribution is 5.30. The second kappa shape index (κ2) is 8.08. The largest absolute Gasteiger partial charge is 0.394 e. The summed E-state index contributed by atoms with van der Waals surface area (Å²) in [5, 5.41) is 31.0. The molecule has 0 saturated carbocycles. The Bertz CT molecular complexity index is 493. The number of anilines is 1. The summed E-state index contributed by atoms with van der Waals surface area (Å²) in [6.45, 7) is 3.81. The van der Waals surface area contributed by atoms with Crippen LogP contribution in [-0.4, -0.2) is 56.8 Å². The van der Waals surface area contributed by atoms with Gasteiger partial charge in [0.05, 0.1) is 6.61 Å². The topological polar surface area (TPSA) is 117 Å². The van der Waals surface area contributed by atoms with Gasteiger partial charge in [0.25, 0.3) is 0 Å². The van der Waals surface area contributed by atoms with Crippen molar-refractivity contribution < 1.29 is 20.1 Å². The van der Waals surface area contributed by atoms with Crippen molar-refractivity contribution in [1.82, 2.24) is 9.55 Å². The van der Waals surface area contributed by atoms with E-state index in [2.05, 4.69) is 24.1 Å². The highest BCUT2D eigenvalue weighted by Gasteiger charge is 2.43. The van der Waals surface area contributed by atoms with Gasteiger partial charge in [-0.3, -0.25) is 4.57 Å². The molecule has 8 nitrogen and oxygen atoms in total. The van der Waals surface area contributed by atoms with E-state index in [4.69, 9.17) is 9.84 Å². The number of ether oxygens (including phenoxy) is 1. The fourth-order valence-corrected chi connectivity index (χ4v) is 1.86. The van der Waals surface area contributed by atoms with E-state index in [9.17, 15) is 15.0 Å². The minimum absolute atomic E-state index is 0.392. The molecule has 21 heavy (non-hydrogen) atoms. The van der Waals surface area contributed by atoms with Crippen molar-refractivity contribution in [2.45, 2.75) is 44.8 Å². The fraction of sp³-hybridized carbons (Fsp3) is 0.692. The summed E-state index contributed by atoms with van der Waals surface area (Å²) in [4.78, 5) is 15.4. The third-order valence-corrected chi connectivity index (χ3v) is 2.88. The van der Waals surface area contributed by atoms with Gasteiger partial charge in [-0.2, -0.15) is 4.98 Å². The summed E-state index contributed by atoms with van der Waals surface area (Å²) < 4.78 is 6.30. The summed E-state index contributed by atoms with van der Waals surface area (Å²) in [6, 6.07) is 1.54. The normalized spacial score (nSPS) is 27.9. The molecule has 0 aromatic carbocycles. The van der Waals surface area contributed by atoms with Gasteiger partial charge in [-0.1, -0.05) is 20.3 Å². The van der Waals surface area contributed by atoms with Crippen LogP contribution >= 0.6 is 0 Å². The number of nitrogens with zero attached hydrogens (tertiary/aromatic N) is 2. The molecule has 2 rings (SSSR count). The summed E-state index contributed by atoms with van der Waals surface area (Å²) in [5.41, 5.74) is -0.614. The van der Waals surface area contributed by atoms with Gasteiger partial charge in [0.15, 0.2) is 6.23 Å². The molecule has 0 amide bonds. The van der Waals surface area contributed by atoms with E-state index in [0.717, 1.165) is 4.57 Å². The number of rotatable bonds is 3. The first kappa shape index (κ1) is 17.6. The molecule has 120 valence electrons. The third kappa shape index (κ3) is 4.01. The van der Waals surface area contributed by atoms with Gasteiger partial charge in [0.1, 0.15) is 24.1 Å². The lowest BCUT2D eigenvalue weighted by Crippen LogP contribution is -2.36. The lowest BCUT2D eigenvalue weighted by molar-refractivity contribution is -0.0549. The lowest BCUT2D eigenvalue weighted by atomic mass is 10.1. The van der Waals surface area contributed by atoms with Crippen LogP contribution in [0.1, 0.15) is 26.5 Å². The summed E-state index contributed by atoms with van der Waals surface area (Å²) in [5.74, 6) is 0.392. The Balaban J connectivity index is 0.000000677. The molecule has 1 aromatic rings. The quantitative estimate of drug-likeness (QED) is 0.584. The number of hydrogen-bond acceptors (Lipinski definition) is 7. The van der Waals surface area contributed by atoms with E-state index >= 15 is 0 Å². The van der Waals surface area contributed by atoms with Crippen molar-refractivity contribution in [3.8, 4) is 0 Å². The van der Waals surface area contributed by atoms with E-state index in [-0.39, 0.29) is 0 Å². The highest BCUT2D eigenvalue weighted by Crippen LogP contribution is 2.27. The van der Waals surface area contributed by atoms with Crippen LogP contribution in [0, 0.1) is 0 Å². The molecule has 0 radical (unpaired) electrons. The third-order valence-electron chi connectivity index (χ3n) is 2.88. The van der Waals surface area contributed by atoms with Crippen LogP contribution in [0.2, 0.25) is 0 Å². The average Bonchev–Trinajstić information content (AvgIpc) is 2.75. The number of hydrogen-bond donors (Lipinski definition) is 4. The summed E-state index contributed by atoms with van der Waals surface area (Å²) in [7, 11) is 1.62. The van der Waals surface area contributed by atoms with Crippen LogP contribution in [0.5, 0.6) is 0 Å². The summed E-state index contributed by atoms with van der Waals surface area (Å²) >= 11 is 0. The van der Waals surface area contributed by atoms with Gasteiger partial charge in [0, 0.05) is 13.2 Å². The number of nitrogens with one attached hydrogen (secondary N) is 1. The van der Waals surface area contributed by atoms with Gasteiger partial charge in [0.2, 0.25) is 0 Å². The molecule has 1 saturated heterocycles. The zero-order chi connectivity index (χ0) is 16.0. The Morgan fingerprint density at radius 2 is 2.00 bits per heavy atom. The maximum atomic E-state index is 11.7. The van der Waals surface area contributed by atoms with E-state index < -0.39 is 36.8 Å². The molecule has 1 aliphatic rings. The Morgan fingerprint density at radius 3 is 2.43 bits per heavy atom. The first-order valence-corrected chi connectivity index (χ1v) is 6.89. The highest BCUT2D eigenvalue weighted by atomic mass is 16.6. The molecule has 2 heterocycles. The van der Waals surface area contributed by atoms with Crippen molar-refractivity contribution >= 4 is 5.82 Å². The number of aliphatic hydroxyl groups excluding tert-OH is 3. The van der Waals surface area contributed by atoms with Gasteiger partial charge in [-0.15, -0.1) is 0 Å². The first-order valence-electron chi connectivity index (χ1n) is 6.89. The van der Waals surface area contributed by atoms with Crippen LogP contribution in [0.4, 0.5) is 5.82 Å². The summed E-state index contributed by atoms with van der Waals surface area (Å²) in [6.07, 6.45) is -1.84. The molecule has 8 heteroatoms. The smallest absolute Gasteiger partial charge is 0.351 e. The minimum atomic E-state index is -1.29. The van der Waals surface area contributed by atoms with E-state index in [0.29, 0.717) is 5.82 Å². The molecule has 1 aliphatic heterocycles. The maximum absolute atomic E-state index is 11.7. The van der Waals surface area contributed by atoms with E-state index in [1.54, 1.807) is 7.05 Å².